The van der Waals surface area contributed by atoms with E-state index in [9.17, 15) is 9.59 Å². The van der Waals surface area contributed by atoms with E-state index in [-0.39, 0.29) is 13.8 Å². The molecule has 0 unspecified atom stereocenters. The number of hydrazine groups is 2. The van der Waals surface area contributed by atoms with Crippen molar-refractivity contribution in [2.75, 3.05) is 14.1 Å². The van der Waals surface area contributed by atoms with Crippen LogP contribution in [0.1, 0.15) is 25.0 Å². The minimum absolute atomic E-state index is 0. The molecule has 0 saturated heterocycles. The number of thiocarbonyl (C=S) groups is 2. The lowest BCUT2D eigenvalue weighted by Gasteiger charge is -2.23. The van der Waals surface area contributed by atoms with Crippen LogP contribution in [0.25, 0.3) is 0 Å². The lowest BCUT2D eigenvalue weighted by Crippen LogP contribution is -2.47. The number of hydrogen-bond donors (Lipinski definition) is 2. The largest absolute Gasteiger partial charge is 0.277 e. The molecule has 0 aliphatic heterocycles. The second-order valence-electron chi connectivity index (χ2n) is 5.71. The molecule has 0 radical (unpaired) electrons. The van der Waals surface area contributed by atoms with E-state index in [0.717, 1.165) is 11.1 Å². The maximum atomic E-state index is 12.1. The van der Waals surface area contributed by atoms with Crippen LogP contribution in [-0.4, -0.2) is 45.9 Å². The highest BCUT2D eigenvalue weighted by molar-refractivity contribution is 7.80. The van der Waals surface area contributed by atoms with E-state index < -0.39 is 11.8 Å². The summed E-state index contributed by atoms with van der Waals surface area (Å²) in [6.45, 7) is 0. The Kier molecular flexibility index (Phi) is 9.20. The summed E-state index contributed by atoms with van der Waals surface area (Å²) in [7, 11) is 3.25. The number of benzene rings is 2. The third kappa shape index (κ3) is 6.71. The van der Waals surface area contributed by atoms with E-state index in [1.54, 1.807) is 14.1 Å². The quantitative estimate of drug-likeness (QED) is 0.454. The van der Waals surface area contributed by atoms with Crippen LogP contribution in [0.3, 0.4) is 0 Å². The second-order valence-corrected chi connectivity index (χ2v) is 6.48. The van der Waals surface area contributed by atoms with Crippen LogP contribution >= 0.6 is 24.4 Å². The van der Waals surface area contributed by atoms with Crippen molar-refractivity contribution in [3.05, 3.63) is 71.8 Å². The van der Waals surface area contributed by atoms with Gasteiger partial charge in [-0.05, 0) is 0 Å². The SMILES string of the molecule is C.CN(NC(=O)CC(=O)NN(C)C(=S)c1ccccc1)C(=S)c1ccccc1. The summed E-state index contributed by atoms with van der Waals surface area (Å²) in [6, 6.07) is 18.6. The van der Waals surface area contributed by atoms with E-state index >= 15 is 0 Å². The molecule has 2 aromatic rings. The van der Waals surface area contributed by atoms with Gasteiger partial charge in [-0.1, -0.05) is 92.5 Å². The molecule has 0 spiro atoms. The Balaban J connectivity index is 0.00000392. The van der Waals surface area contributed by atoms with E-state index in [0.29, 0.717) is 9.98 Å². The fraction of sp³-hybridized carbons (Fsp3) is 0.200. The van der Waals surface area contributed by atoms with Gasteiger partial charge in [-0.15, -0.1) is 0 Å². The van der Waals surface area contributed by atoms with Gasteiger partial charge in [0.15, 0.2) is 0 Å². The van der Waals surface area contributed by atoms with Crippen molar-refractivity contribution in [3.8, 4) is 0 Å². The standard InChI is InChI=1S/C19H20N4O2S2.CH4/c1-22(18(26)14-9-5-3-6-10-14)20-16(24)13-17(25)21-23(2)19(27)15-11-7-4-8-12-15;/h3-12H,13H2,1-2H3,(H,20,24)(H,21,25);1H4. The van der Waals surface area contributed by atoms with Crippen molar-refractivity contribution < 1.29 is 9.59 Å². The Morgan fingerprint density at radius 1 is 0.750 bits per heavy atom. The Labute approximate surface area is 176 Å². The van der Waals surface area contributed by atoms with Gasteiger partial charge in [-0.25, -0.2) is 0 Å². The van der Waals surface area contributed by atoms with Crippen LogP contribution in [0.2, 0.25) is 0 Å². The molecule has 2 aromatic carbocycles. The third-order valence-electron chi connectivity index (χ3n) is 3.56. The zero-order valence-electron chi connectivity index (χ0n) is 15.0. The lowest BCUT2D eigenvalue weighted by molar-refractivity contribution is -0.132. The first-order valence-corrected chi connectivity index (χ1v) is 8.95. The van der Waals surface area contributed by atoms with Gasteiger partial charge in [0.1, 0.15) is 16.4 Å². The summed E-state index contributed by atoms with van der Waals surface area (Å²) in [5.74, 6) is -0.959. The van der Waals surface area contributed by atoms with Crippen molar-refractivity contribution in [1.82, 2.24) is 20.9 Å². The van der Waals surface area contributed by atoms with Crippen molar-refractivity contribution >= 4 is 46.2 Å². The Morgan fingerprint density at radius 3 is 1.39 bits per heavy atom. The average Bonchev–Trinajstić information content (AvgIpc) is 2.67. The van der Waals surface area contributed by atoms with Crippen molar-refractivity contribution in [3.63, 3.8) is 0 Å². The number of amides is 2. The first-order chi connectivity index (χ1) is 12.9. The highest BCUT2D eigenvalue weighted by Crippen LogP contribution is 2.04. The highest BCUT2D eigenvalue weighted by Gasteiger charge is 2.16. The van der Waals surface area contributed by atoms with Gasteiger partial charge in [0.2, 0.25) is 11.8 Å². The molecule has 8 heteroatoms. The first-order valence-electron chi connectivity index (χ1n) is 8.13. The highest BCUT2D eigenvalue weighted by atomic mass is 32.1. The zero-order valence-corrected chi connectivity index (χ0v) is 16.6. The number of nitrogens with zero attached hydrogens (tertiary/aromatic N) is 2. The van der Waals surface area contributed by atoms with E-state index in [4.69, 9.17) is 24.4 Å². The summed E-state index contributed by atoms with van der Waals surface area (Å²) in [6.07, 6.45) is -0.358. The summed E-state index contributed by atoms with van der Waals surface area (Å²) >= 11 is 10.6. The predicted molar refractivity (Wildman–Crippen MR) is 119 cm³/mol. The smallest absolute Gasteiger partial charge is 0.248 e. The van der Waals surface area contributed by atoms with Gasteiger partial charge in [-0.2, -0.15) is 0 Å². The molecule has 6 nitrogen and oxygen atoms in total. The van der Waals surface area contributed by atoms with Gasteiger partial charge in [-0.3, -0.25) is 30.5 Å². The first kappa shape index (κ1) is 23.2. The van der Waals surface area contributed by atoms with E-state index in [1.807, 2.05) is 60.7 Å². The Morgan fingerprint density at radius 2 is 1.07 bits per heavy atom. The number of rotatable bonds is 4. The molecule has 2 N–H and O–H groups in total. The monoisotopic (exact) mass is 416 g/mol. The molecule has 2 amide bonds. The molecule has 28 heavy (non-hydrogen) atoms. The molecule has 0 aromatic heterocycles. The minimum atomic E-state index is -0.479. The number of carbonyl (C=O) groups excluding carboxylic acids is 2. The van der Waals surface area contributed by atoms with Crippen molar-refractivity contribution in [1.29, 1.82) is 0 Å². The fourth-order valence-electron chi connectivity index (χ4n) is 2.25. The van der Waals surface area contributed by atoms with Crippen LogP contribution in [0.4, 0.5) is 0 Å². The van der Waals surface area contributed by atoms with Gasteiger partial charge >= 0.3 is 0 Å². The van der Waals surface area contributed by atoms with Crippen LogP contribution in [0, 0.1) is 0 Å². The molecule has 0 saturated carbocycles. The van der Waals surface area contributed by atoms with E-state index in [1.165, 1.54) is 10.0 Å². The van der Waals surface area contributed by atoms with Gasteiger partial charge in [0.05, 0.1) is 0 Å². The molecule has 0 fully saturated rings. The van der Waals surface area contributed by atoms with Crippen LogP contribution in [0.5, 0.6) is 0 Å². The van der Waals surface area contributed by atoms with Crippen molar-refractivity contribution in [2.45, 2.75) is 13.8 Å². The summed E-state index contributed by atoms with van der Waals surface area (Å²) in [5, 5.41) is 2.83. The molecule has 0 aliphatic rings. The summed E-state index contributed by atoms with van der Waals surface area (Å²) < 4.78 is 0. The predicted octanol–water partition coefficient (Wildman–Crippen LogP) is 2.69. The summed E-state index contributed by atoms with van der Waals surface area (Å²) in [5.41, 5.74) is 6.77. The normalized spacial score (nSPS) is 9.50. The summed E-state index contributed by atoms with van der Waals surface area (Å²) in [4.78, 5) is 25.1. The number of nitrogens with one attached hydrogen (secondary N) is 2. The fourth-order valence-corrected chi connectivity index (χ4v) is 2.61. The second kappa shape index (κ2) is 11.1. The lowest BCUT2D eigenvalue weighted by atomic mass is 10.2. The topological polar surface area (TPSA) is 64.7 Å². The van der Waals surface area contributed by atoms with E-state index in [2.05, 4.69) is 10.9 Å². The minimum Gasteiger partial charge on any atom is -0.277 e. The van der Waals surface area contributed by atoms with Crippen LogP contribution < -0.4 is 10.9 Å². The number of carbonyl (C=O) groups is 2. The molecule has 0 atom stereocenters. The van der Waals surface area contributed by atoms with Crippen LogP contribution in [0.15, 0.2) is 60.7 Å². The van der Waals surface area contributed by atoms with Gasteiger partial charge < -0.3 is 0 Å². The van der Waals surface area contributed by atoms with Gasteiger partial charge in [0, 0.05) is 25.2 Å². The number of hydrogen-bond acceptors (Lipinski definition) is 4. The zero-order chi connectivity index (χ0) is 19.8. The molecule has 0 aliphatic carbocycles. The van der Waals surface area contributed by atoms with Gasteiger partial charge in [0.25, 0.3) is 0 Å². The molecule has 0 heterocycles. The Bertz CT molecular complexity index is 759. The third-order valence-corrected chi connectivity index (χ3v) is 4.58. The maximum absolute atomic E-state index is 12.1. The molecular weight excluding hydrogens is 392 g/mol. The molecule has 148 valence electrons. The average molecular weight is 417 g/mol. The molecular formula is C20H24N4O2S2. The van der Waals surface area contributed by atoms with Crippen LogP contribution in [-0.2, 0) is 9.59 Å². The maximum Gasteiger partial charge on any atom is 0.248 e. The Hall–Kier alpha value is -2.84. The molecule has 0 bridgehead atoms. The van der Waals surface area contributed by atoms with Crippen molar-refractivity contribution in [2.24, 2.45) is 0 Å². The molecule has 2 rings (SSSR count).